The second kappa shape index (κ2) is 8.20. The van der Waals surface area contributed by atoms with Gasteiger partial charge in [0.1, 0.15) is 17.3 Å². The van der Waals surface area contributed by atoms with Gasteiger partial charge in [0.05, 0.1) is 11.6 Å². The third-order valence-corrected chi connectivity index (χ3v) is 5.06. The van der Waals surface area contributed by atoms with Gasteiger partial charge in [0.15, 0.2) is 21.3 Å². The molecule has 0 fully saturated rings. The lowest BCUT2D eigenvalue weighted by atomic mass is 10.1. The smallest absolute Gasteiger partial charge is 0.216 e. The van der Waals surface area contributed by atoms with Gasteiger partial charge in [-0.1, -0.05) is 30.6 Å². The lowest BCUT2D eigenvalue weighted by Crippen LogP contribution is -2.11. The van der Waals surface area contributed by atoms with E-state index in [1.807, 2.05) is 13.8 Å². The number of sulfone groups is 1. The van der Waals surface area contributed by atoms with Crippen LogP contribution in [-0.2, 0) is 14.6 Å². The summed E-state index contributed by atoms with van der Waals surface area (Å²) in [6.45, 7) is 4.13. The van der Waals surface area contributed by atoms with Gasteiger partial charge < -0.3 is 14.0 Å². The van der Waals surface area contributed by atoms with Gasteiger partial charge in [-0.05, 0) is 12.1 Å². The second-order valence-corrected chi connectivity index (χ2v) is 8.33. The first-order chi connectivity index (χ1) is 12.2. The third kappa shape index (κ3) is 4.44. The number of halogens is 1. The first-order valence-corrected chi connectivity index (χ1v) is 10.1. The lowest BCUT2D eigenvalue weighted by molar-refractivity contribution is 0.102. The Hall–Kier alpha value is -1.90. The third-order valence-electron chi connectivity index (χ3n) is 3.57. The van der Waals surface area contributed by atoms with Crippen molar-refractivity contribution in [2.45, 2.75) is 24.7 Å². The molecular formula is C17H20ClNO6S. The van der Waals surface area contributed by atoms with Gasteiger partial charge in [-0.3, -0.25) is 4.79 Å². The number of ketones is 1. The van der Waals surface area contributed by atoms with Crippen LogP contribution in [0.3, 0.4) is 0 Å². The SMILES string of the molecule is COCCOc1c(S(C)(=O)=O)ccc(C(=O)c2cc(C(C)C)on2)c1Cl. The number of carbonyl (C=O) groups excluding carboxylic acids is 1. The van der Waals surface area contributed by atoms with E-state index in [0.29, 0.717) is 5.76 Å². The Morgan fingerprint density at radius 3 is 2.54 bits per heavy atom. The zero-order chi connectivity index (χ0) is 19.5. The molecule has 1 aromatic heterocycles. The molecule has 0 N–H and O–H groups in total. The maximum Gasteiger partial charge on any atom is 0.216 e. The van der Waals surface area contributed by atoms with Crippen molar-refractivity contribution in [1.82, 2.24) is 5.16 Å². The topological polar surface area (TPSA) is 95.7 Å². The Kier molecular flexibility index (Phi) is 6.44. The van der Waals surface area contributed by atoms with Gasteiger partial charge in [-0.2, -0.15) is 0 Å². The van der Waals surface area contributed by atoms with Crippen molar-refractivity contribution in [1.29, 1.82) is 0 Å². The van der Waals surface area contributed by atoms with Crippen molar-refractivity contribution < 1.29 is 27.2 Å². The molecule has 0 aliphatic rings. The average molecular weight is 402 g/mol. The fourth-order valence-electron chi connectivity index (χ4n) is 2.17. The Balaban J connectivity index is 2.48. The zero-order valence-corrected chi connectivity index (χ0v) is 16.5. The quantitative estimate of drug-likeness (QED) is 0.495. The number of ether oxygens (including phenoxy) is 2. The van der Waals surface area contributed by atoms with Crippen LogP contribution in [-0.4, -0.2) is 45.9 Å². The Bertz CT molecular complexity index is 904. The first-order valence-electron chi connectivity index (χ1n) is 7.82. The molecule has 0 amide bonds. The molecule has 2 rings (SSSR count). The summed E-state index contributed by atoms with van der Waals surface area (Å²) in [5.74, 6) is 0.0702. The highest BCUT2D eigenvalue weighted by Gasteiger charge is 2.25. The van der Waals surface area contributed by atoms with E-state index in [2.05, 4.69) is 5.16 Å². The summed E-state index contributed by atoms with van der Waals surface area (Å²) in [6, 6.07) is 4.17. The van der Waals surface area contributed by atoms with Gasteiger partial charge in [-0.25, -0.2) is 8.42 Å². The number of rotatable bonds is 8. The summed E-state index contributed by atoms with van der Waals surface area (Å²) in [6.07, 6.45) is 1.04. The van der Waals surface area contributed by atoms with E-state index in [0.717, 1.165) is 6.26 Å². The minimum atomic E-state index is -3.60. The van der Waals surface area contributed by atoms with Crippen LogP contribution in [0, 0.1) is 0 Å². The Morgan fingerprint density at radius 1 is 1.31 bits per heavy atom. The lowest BCUT2D eigenvalue weighted by Gasteiger charge is -2.14. The Labute approximate surface area is 157 Å². The predicted octanol–water partition coefficient (Wildman–Crippen LogP) is 3.11. The number of benzene rings is 1. The summed E-state index contributed by atoms with van der Waals surface area (Å²) in [4.78, 5) is 12.6. The van der Waals surface area contributed by atoms with Gasteiger partial charge in [0.2, 0.25) is 5.78 Å². The number of nitrogens with zero attached hydrogens (tertiary/aromatic N) is 1. The molecule has 9 heteroatoms. The highest BCUT2D eigenvalue weighted by atomic mass is 35.5. The summed E-state index contributed by atoms with van der Waals surface area (Å²) < 4.78 is 39.5. The molecule has 26 heavy (non-hydrogen) atoms. The monoisotopic (exact) mass is 401 g/mol. The summed E-state index contributed by atoms with van der Waals surface area (Å²) >= 11 is 6.30. The molecule has 2 aromatic rings. The van der Waals surface area contributed by atoms with Gasteiger partial charge in [-0.15, -0.1) is 0 Å². The molecular weight excluding hydrogens is 382 g/mol. The van der Waals surface area contributed by atoms with Crippen molar-refractivity contribution >= 4 is 27.2 Å². The number of hydrogen-bond acceptors (Lipinski definition) is 7. The van der Waals surface area contributed by atoms with Crippen molar-refractivity contribution in [2.75, 3.05) is 26.6 Å². The number of aromatic nitrogens is 1. The van der Waals surface area contributed by atoms with Crippen LogP contribution in [0.25, 0.3) is 0 Å². The molecule has 0 spiro atoms. The van der Waals surface area contributed by atoms with E-state index in [1.54, 1.807) is 6.07 Å². The molecule has 1 aromatic carbocycles. The average Bonchev–Trinajstić information content (AvgIpc) is 3.05. The molecule has 0 aliphatic carbocycles. The minimum absolute atomic E-state index is 0.0695. The molecule has 0 aliphatic heterocycles. The van der Waals surface area contributed by atoms with E-state index in [9.17, 15) is 13.2 Å². The van der Waals surface area contributed by atoms with Crippen LogP contribution in [0.15, 0.2) is 27.6 Å². The van der Waals surface area contributed by atoms with Crippen LogP contribution in [0.2, 0.25) is 5.02 Å². The number of carbonyl (C=O) groups is 1. The molecule has 7 nitrogen and oxygen atoms in total. The summed E-state index contributed by atoms with van der Waals surface area (Å²) in [5.41, 5.74) is 0.167. The molecule has 0 saturated heterocycles. The highest BCUT2D eigenvalue weighted by Crippen LogP contribution is 2.36. The summed E-state index contributed by atoms with van der Waals surface area (Å²) in [5, 5.41) is 3.67. The van der Waals surface area contributed by atoms with E-state index in [-0.39, 0.29) is 46.1 Å². The van der Waals surface area contributed by atoms with E-state index >= 15 is 0 Å². The van der Waals surface area contributed by atoms with Crippen molar-refractivity contribution in [3.8, 4) is 5.75 Å². The largest absolute Gasteiger partial charge is 0.488 e. The highest BCUT2D eigenvalue weighted by molar-refractivity contribution is 7.90. The number of methoxy groups -OCH3 is 1. The van der Waals surface area contributed by atoms with Crippen LogP contribution in [0.5, 0.6) is 5.75 Å². The molecule has 1 heterocycles. The fraction of sp³-hybridized carbons (Fsp3) is 0.412. The molecule has 142 valence electrons. The van der Waals surface area contributed by atoms with Crippen molar-refractivity contribution in [3.63, 3.8) is 0 Å². The standard InChI is InChI=1S/C17H20ClNO6S/c1-10(2)13-9-12(19-25-13)16(20)11-5-6-14(26(4,21)22)17(15(11)18)24-8-7-23-3/h5-6,9-10H,7-8H2,1-4H3. The predicted molar refractivity (Wildman–Crippen MR) is 96.0 cm³/mol. The van der Waals surface area contributed by atoms with Crippen molar-refractivity contribution in [2.24, 2.45) is 0 Å². The molecule has 0 unspecified atom stereocenters. The van der Waals surface area contributed by atoms with E-state index in [1.165, 1.54) is 19.2 Å². The number of hydrogen-bond donors (Lipinski definition) is 0. The van der Waals surface area contributed by atoms with Gasteiger partial charge in [0.25, 0.3) is 0 Å². The van der Waals surface area contributed by atoms with Crippen LogP contribution < -0.4 is 4.74 Å². The zero-order valence-electron chi connectivity index (χ0n) is 14.9. The summed E-state index contributed by atoms with van der Waals surface area (Å²) in [7, 11) is -2.12. The van der Waals surface area contributed by atoms with E-state index in [4.69, 9.17) is 25.6 Å². The molecule has 0 saturated carbocycles. The fourth-order valence-corrected chi connectivity index (χ4v) is 3.35. The molecule has 0 atom stereocenters. The van der Waals surface area contributed by atoms with Gasteiger partial charge in [0, 0.05) is 30.9 Å². The minimum Gasteiger partial charge on any atom is -0.488 e. The maximum absolute atomic E-state index is 12.7. The van der Waals surface area contributed by atoms with Crippen molar-refractivity contribution in [3.05, 3.63) is 40.2 Å². The second-order valence-electron chi connectivity index (χ2n) is 5.97. The molecule has 0 radical (unpaired) electrons. The van der Waals surface area contributed by atoms with Crippen LogP contribution in [0.1, 0.15) is 41.6 Å². The molecule has 0 bridgehead atoms. The van der Waals surface area contributed by atoms with Crippen LogP contribution >= 0.6 is 11.6 Å². The van der Waals surface area contributed by atoms with Gasteiger partial charge >= 0.3 is 0 Å². The first kappa shape index (κ1) is 20.4. The normalized spacial score (nSPS) is 11.8. The maximum atomic E-state index is 12.7. The van der Waals surface area contributed by atoms with Crippen LogP contribution in [0.4, 0.5) is 0 Å². The van der Waals surface area contributed by atoms with E-state index < -0.39 is 15.6 Å². The Morgan fingerprint density at radius 2 is 2.00 bits per heavy atom.